The number of hydrogen-bond acceptors (Lipinski definition) is 3. The van der Waals surface area contributed by atoms with E-state index < -0.39 is 0 Å². The van der Waals surface area contributed by atoms with E-state index in [1.807, 2.05) is 6.92 Å². The van der Waals surface area contributed by atoms with Crippen LogP contribution in [0, 0.1) is 6.92 Å². The van der Waals surface area contributed by atoms with Crippen molar-refractivity contribution in [2.45, 2.75) is 19.9 Å². The normalized spacial score (nSPS) is 12.5. The zero-order chi connectivity index (χ0) is 10.0. The summed E-state index contributed by atoms with van der Waals surface area (Å²) in [5.41, 5.74) is 7.47. The second kappa shape index (κ2) is 3.58. The number of phenolic OH excluding ortho intramolecular Hbond substituents is 1. The molecule has 3 heteroatoms. The van der Waals surface area contributed by atoms with Gasteiger partial charge in [-0.15, -0.1) is 0 Å². The number of carbonyl (C=O) groups is 1. The molecule has 1 rings (SSSR count). The summed E-state index contributed by atoms with van der Waals surface area (Å²) in [7, 11) is 0. The third-order valence-corrected chi connectivity index (χ3v) is 1.93. The van der Waals surface area contributed by atoms with Crippen LogP contribution in [0.5, 0.6) is 5.75 Å². The molecule has 0 saturated heterocycles. The number of benzene rings is 1. The first-order chi connectivity index (χ1) is 6.06. The maximum atomic E-state index is 10.6. The van der Waals surface area contributed by atoms with Crippen molar-refractivity contribution in [1.29, 1.82) is 0 Å². The molecule has 1 unspecified atom stereocenters. The fourth-order valence-electron chi connectivity index (χ4n) is 1.27. The van der Waals surface area contributed by atoms with Gasteiger partial charge >= 0.3 is 0 Å². The quantitative estimate of drug-likeness (QED) is 0.677. The molecule has 0 aliphatic carbocycles. The molecule has 3 N–H and O–H groups in total. The standard InChI is InChI=1S/C10H13NO2/c1-6-3-8(5-12)10(13)9(4-6)7(2)11/h3-5,7,13H,11H2,1-2H3. The predicted molar refractivity (Wildman–Crippen MR) is 50.8 cm³/mol. The van der Waals surface area contributed by atoms with Crippen LogP contribution in [0.4, 0.5) is 0 Å². The Kier molecular flexibility index (Phi) is 2.68. The Balaban J connectivity index is 3.35. The summed E-state index contributed by atoms with van der Waals surface area (Å²) in [6, 6.07) is 3.15. The lowest BCUT2D eigenvalue weighted by Crippen LogP contribution is -2.06. The van der Waals surface area contributed by atoms with Crippen LogP contribution < -0.4 is 5.73 Å². The minimum absolute atomic E-state index is 0.00407. The first kappa shape index (κ1) is 9.74. The van der Waals surface area contributed by atoms with Crippen molar-refractivity contribution in [3.63, 3.8) is 0 Å². The van der Waals surface area contributed by atoms with Gasteiger partial charge in [0.1, 0.15) is 5.75 Å². The highest BCUT2D eigenvalue weighted by Crippen LogP contribution is 2.27. The molecule has 13 heavy (non-hydrogen) atoms. The van der Waals surface area contributed by atoms with Gasteiger partial charge in [-0.05, 0) is 25.5 Å². The van der Waals surface area contributed by atoms with E-state index >= 15 is 0 Å². The van der Waals surface area contributed by atoms with Gasteiger partial charge in [-0.2, -0.15) is 0 Å². The number of rotatable bonds is 2. The minimum atomic E-state index is -0.265. The maximum absolute atomic E-state index is 10.6. The summed E-state index contributed by atoms with van der Waals surface area (Å²) >= 11 is 0. The Bertz CT molecular complexity index is 332. The molecule has 0 radical (unpaired) electrons. The van der Waals surface area contributed by atoms with E-state index in [0.717, 1.165) is 5.56 Å². The van der Waals surface area contributed by atoms with Gasteiger partial charge in [0.05, 0.1) is 5.56 Å². The highest BCUT2D eigenvalue weighted by Gasteiger charge is 2.10. The third kappa shape index (κ3) is 1.87. The highest BCUT2D eigenvalue weighted by molar-refractivity contribution is 5.80. The van der Waals surface area contributed by atoms with Crippen molar-refractivity contribution in [1.82, 2.24) is 0 Å². The molecular weight excluding hydrogens is 166 g/mol. The Hall–Kier alpha value is -1.35. The Morgan fingerprint density at radius 1 is 1.54 bits per heavy atom. The summed E-state index contributed by atoms with van der Waals surface area (Å²) in [5, 5.41) is 9.57. The molecule has 0 saturated carbocycles. The first-order valence-electron chi connectivity index (χ1n) is 4.10. The van der Waals surface area contributed by atoms with Crippen LogP contribution in [-0.4, -0.2) is 11.4 Å². The van der Waals surface area contributed by atoms with Crippen LogP contribution in [0.15, 0.2) is 12.1 Å². The zero-order valence-corrected chi connectivity index (χ0v) is 7.74. The lowest BCUT2D eigenvalue weighted by Gasteiger charge is -2.10. The summed E-state index contributed by atoms with van der Waals surface area (Å²) < 4.78 is 0. The molecule has 0 bridgehead atoms. The molecular formula is C10H13NO2. The molecule has 3 nitrogen and oxygen atoms in total. The van der Waals surface area contributed by atoms with Crippen molar-refractivity contribution in [3.05, 3.63) is 28.8 Å². The average Bonchev–Trinajstić information content (AvgIpc) is 2.08. The summed E-state index contributed by atoms with van der Waals surface area (Å²) in [4.78, 5) is 10.6. The minimum Gasteiger partial charge on any atom is -0.507 e. The Labute approximate surface area is 77.2 Å². The number of nitrogens with two attached hydrogens (primary N) is 1. The van der Waals surface area contributed by atoms with Crippen molar-refractivity contribution < 1.29 is 9.90 Å². The fraction of sp³-hybridized carbons (Fsp3) is 0.300. The van der Waals surface area contributed by atoms with Gasteiger partial charge in [-0.25, -0.2) is 0 Å². The van der Waals surface area contributed by atoms with Gasteiger partial charge in [0.2, 0.25) is 0 Å². The SMILES string of the molecule is Cc1cc(C=O)c(O)c(C(C)N)c1. The van der Waals surface area contributed by atoms with E-state index in [4.69, 9.17) is 5.73 Å². The molecule has 0 spiro atoms. The van der Waals surface area contributed by atoms with Crippen molar-refractivity contribution in [2.75, 3.05) is 0 Å². The van der Waals surface area contributed by atoms with Crippen molar-refractivity contribution >= 4 is 6.29 Å². The molecule has 0 aromatic heterocycles. The Morgan fingerprint density at radius 3 is 2.62 bits per heavy atom. The van der Waals surface area contributed by atoms with E-state index in [-0.39, 0.29) is 11.8 Å². The topological polar surface area (TPSA) is 63.3 Å². The molecule has 70 valence electrons. The van der Waals surface area contributed by atoms with E-state index in [0.29, 0.717) is 17.4 Å². The number of aromatic hydroxyl groups is 1. The van der Waals surface area contributed by atoms with Crippen LogP contribution in [-0.2, 0) is 0 Å². The molecule has 1 aromatic rings. The molecule has 0 fully saturated rings. The molecule has 1 atom stereocenters. The highest BCUT2D eigenvalue weighted by atomic mass is 16.3. The zero-order valence-electron chi connectivity index (χ0n) is 7.74. The van der Waals surface area contributed by atoms with Crippen LogP contribution in [0.25, 0.3) is 0 Å². The number of carbonyl (C=O) groups excluding carboxylic acids is 1. The van der Waals surface area contributed by atoms with E-state index in [1.54, 1.807) is 19.1 Å². The van der Waals surface area contributed by atoms with E-state index in [9.17, 15) is 9.90 Å². The number of aldehydes is 1. The molecule has 0 heterocycles. The molecule has 0 amide bonds. The smallest absolute Gasteiger partial charge is 0.153 e. The lowest BCUT2D eigenvalue weighted by atomic mass is 10.0. The Morgan fingerprint density at radius 2 is 2.15 bits per heavy atom. The third-order valence-electron chi connectivity index (χ3n) is 1.93. The molecule has 0 aliphatic heterocycles. The van der Waals surface area contributed by atoms with Crippen LogP contribution in [0.2, 0.25) is 0 Å². The second-order valence-electron chi connectivity index (χ2n) is 3.20. The predicted octanol–water partition coefficient (Wildman–Crippen LogP) is 1.53. The number of hydrogen-bond donors (Lipinski definition) is 2. The van der Waals surface area contributed by atoms with Gasteiger partial charge in [0.25, 0.3) is 0 Å². The molecule has 0 aliphatic rings. The summed E-state index contributed by atoms with van der Waals surface area (Å²) in [6.45, 7) is 3.63. The van der Waals surface area contributed by atoms with Crippen molar-refractivity contribution in [2.24, 2.45) is 5.73 Å². The van der Waals surface area contributed by atoms with Crippen LogP contribution >= 0.6 is 0 Å². The second-order valence-corrected chi connectivity index (χ2v) is 3.20. The van der Waals surface area contributed by atoms with Crippen molar-refractivity contribution in [3.8, 4) is 5.75 Å². The summed E-state index contributed by atoms with van der Waals surface area (Å²) in [6.07, 6.45) is 0.633. The van der Waals surface area contributed by atoms with Crippen LogP contribution in [0.1, 0.15) is 34.5 Å². The van der Waals surface area contributed by atoms with E-state index in [1.165, 1.54) is 0 Å². The van der Waals surface area contributed by atoms with Crippen LogP contribution in [0.3, 0.4) is 0 Å². The largest absolute Gasteiger partial charge is 0.507 e. The van der Waals surface area contributed by atoms with Gasteiger partial charge in [-0.1, -0.05) is 6.07 Å². The van der Waals surface area contributed by atoms with E-state index in [2.05, 4.69) is 0 Å². The number of phenols is 1. The first-order valence-corrected chi connectivity index (χ1v) is 4.10. The van der Waals surface area contributed by atoms with Gasteiger partial charge < -0.3 is 10.8 Å². The van der Waals surface area contributed by atoms with Gasteiger partial charge in [-0.3, -0.25) is 4.79 Å². The number of aryl methyl sites for hydroxylation is 1. The summed E-state index contributed by atoms with van der Waals surface area (Å²) in [5.74, 6) is -0.00407. The monoisotopic (exact) mass is 179 g/mol. The average molecular weight is 179 g/mol. The van der Waals surface area contributed by atoms with Gasteiger partial charge in [0.15, 0.2) is 6.29 Å². The maximum Gasteiger partial charge on any atom is 0.153 e. The fourth-order valence-corrected chi connectivity index (χ4v) is 1.27. The molecule has 1 aromatic carbocycles. The lowest BCUT2D eigenvalue weighted by molar-refractivity contribution is 0.112. The van der Waals surface area contributed by atoms with Gasteiger partial charge in [0, 0.05) is 11.6 Å².